The normalized spacial score (nSPS) is 25.2. The van der Waals surface area contributed by atoms with E-state index in [1.807, 2.05) is 0 Å². The van der Waals surface area contributed by atoms with Gasteiger partial charge in [-0.3, -0.25) is 9.69 Å². The van der Waals surface area contributed by atoms with Crippen molar-refractivity contribution in [2.45, 2.75) is 13.1 Å². The fourth-order valence-corrected chi connectivity index (χ4v) is 0.799. The third-order valence-electron chi connectivity index (χ3n) is 1.57. The molecule has 0 aromatic heterocycles. The number of carbonyl (C=O) groups is 1. The molecule has 1 amide bonds. The van der Waals surface area contributed by atoms with Crippen LogP contribution in [0.4, 0.5) is 0 Å². The lowest BCUT2D eigenvalue weighted by molar-refractivity contribution is -0.106. The maximum atomic E-state index is 8.58. The molecule has 1 rings (SSSR count). The number of likely N-dealkylation sites (N-methyl/N-ethyl adjacent to an activating group) is 1. The predicted octanol–water partition coefficient (Wildman–Crippen LogP) is -1.03. The van der Waals surface area contributed by atoms with Crippen LogP contribution < -0.4 is 11.1 Å². The zero-order chi connectivity index (χ0) is 7.98. The molecule has 1 atom stereocenters. The SMILES string of the molecule is CC1NCCN1C.NC=O. The predicted molar refractivity (Wildman–Crippen MR) is 40.3 cm³/mol. The molecule has 10 heavy (non-hydrogen) atoms. The quantitative estimate of drug-likeness (QED) is 0.428. The molecule has 1 aliphatic rings. The van der Waals surface area contributed by atoms with Crippen LogP contribution in [-0.2, 0) is 4.79 Å². The number of rotatable bonds is 0. The Morgan fingerprint density at radius 3 is 2.40 bits per heavy atom. The summed E-state index contributed by atoms with van der Waals surface area (Å²) >= 11 is 0. The van der Waals surface area contributed by atoms with Crippen LogP contribution in [0.15, 0.2) is 0 Å². The van der Waals surface area contributed by atoms with Gasteiger partial charge in [0.05, 0.1) is 6.17 Å². The van der Waals surface area contributed by atoms with E-state index in [2.05, 4.69) is 29.9 Å². The van der Waals surface area contributed by atoms with Gasteiger partial charge in [0.1, 0.15) is 0 Å². The lowest BCUT2D eigenvalue weighted by Gasteiger charge is -2.11. The van der Waals surface area contributed by atoms with Gasteiger partial charge in [0.2, 0.25) is 6.41 Å². The van der Waals surface area contributed by atoms with E-state index in [4.69, 9.17) is 4.79 Å². The van der Waals surface area contributed by atoms with Crippen LogP contribution in [0.3, 0.4) is 0 Å². The summed E-state index contributed by atoms with van der Waals surface area (Å²) in [4.78, 5) is 10.9. The Labute approximate surface area is 61.4 Å². The van der Waals surface area contributed by atoms with Gasteiger partial charge in [-0.15, -0.1) is 0 Å². The zero-order valence-corrected chi connectivity index (χ0v) is 6.50. The van der Waals surface area contributed by atoms with E-state index in [9.17, 15) is 0 Å². The molecule has 4 heteroatoms. The first-order chi connectivity index (χ1) is 4.72. The van der Waals surface area contributed by atoms with Crippen LogP contribution in [0.25, 0.3) is 0 Å². The highest BCUT2D eigenvalue weighted by Crippen LogP contribution is 1.95. The van der Waals surface area contributed by atoms with Crippen LogP contribution >= 0.6 is 0 Å². The molecular weight excluding hydrogens is 130 g/mol. The van der Waals surface area contributed by atoms with E-state index in [1.54, 1.807) is 0 Å². The number of carbonyl (C=O) groups excluding carboxylic acids is 1. The summed E-state index contributed by atoms with van der Waals surface area (Å²) in [5.74, 6) is 0. The third kappa shape index (κ3) is 3.42. The van der Waals surface area contributed by atoms with Crippen LogP contribution in [0.2, 0.25) is 0 Å². The molecule has 0 radical (unpaired) electrons. The maximum Gasteiger partial charge on any atom is 0.204 e. The number of nitrogens with zero attached hydrogens (tertiary/aromatic N) is 1. The summed E-state index contributed by atoms with van der Waals surface area (Å²) in [5.41, 5.74) is 4.17. The van der Waals surface area contributed by atoms with Crippen molar-refractivity contribution in [1.82, 2.24) is 10.2 Å². The van der Waals surface area contributed by atoms with Gasteiger partial charge in [0.15, 0.2) is 0 Å². The average Bonchev–Trinajstić information content (AvgIpc) is 2.19. The number of nitrogens with two attached hydrogens (primary N) is 1. The summed E-state index contributed by atoms with van der Waals surface area (Å²) in [6.07, 6.45) is 0.847. The lowest BCUT2D eigenvalue weighted by Crippen LogP contribution is -2.28. The molecule has 1 aliphatic heterocycles. The molecule has 1 saturated heterocycles. The molecule has 3 N–H and O–H groups in total. The molecular formula is C6H15N3O. The molecule has 1 unspecified atom stereocenters. The lowest BCUT2D eigenvalue weighted by atomic mass is 10.6. The Hall–Kier alpha value is -0.610. The van der Waals surface area contributed by atoms with Gasteiger partial charge >= 0.3 is 0 Å². The van der Waals surface area contributed by atoms with Gasteiger partial charge in [0, 0.05) is 13.1 Å². The maximum absolute atomic E-state index is 8.58. The molecule has 0 aromatic carbocycles. The standard InChI is InChI=1S/C5H12N2.CH3NO/c1-5-6-3-4-7(5)2;2-1-3/h5-6H,3-4H2,1-2H3;1H,(H2,2,3). The first kappa shape index (κ1) is 9.39. The molecule has 4 nitrogen and oxygen atoms in total. The second-order valence-electron chi connectivity index (χ2n) is 2.25. The van der Waals surface area contributed by atoms with Crippen molar-refractivity contribution in [1.29, 1.82) is 0 Å². The van der Waals surface area contributed by atoms with Gasteiger partial charge in [-0.25, -0.2) is 0 Å². The number of primary amides is 1. The first-order valence-corrected chi connectivity index (χ1v) is 3.31. The third-order valence-corrected chi connectivity index (χ3v) is 1.57. The minimum absolute atomic E-state index is 0.250. The molecule has 60 valence electrons. The minimum atomic E-state index is 0.250. The van der Waals surface area contributed by atoms with Gasteiger partial charge in [-0.2, -0.15) is 0 Å². The Balaban J connectivity index is 0.000000236. The van der Waals surface area contributed by atoms with Crippen LogP contribution in [0.5, 0.6) is 0 Å². The Morgan fingerprint density at radius 1 is 1.80 bits per heavy atom. The smallest absolute Gasteiger partial charge is 0.204 e. The van der Waals surface area contributed by atoms with E-state index in [0.29, 0.717) is 6.17 Å². The van der Waals surface area contributed by atoms with E-state index in [0.717, 1.165) is 6.54 Å². The number of hydrogen-bond acceptors (Lipinski definition) is 3. The Bertz CT molecular complexity index is 89.0. The topological polar surface area (TPSA) is 58.4 Å². The largest absolute Gasteiger partial charge is 0.372 e. The summed E-state index contributed by atoms with van der Waals surface area (Å²) in [5, 5.41) is 3.30. The van der Waals surface area contributed by atoms with E-state index < -0.39 is 0 Å². The van der Waals surface area contributed by atoms with Crippen molar-refractivity contribution >= 4 is 6.41 Å². The molecule has 0 spiro atoms. The van der Waals surface area contributed by atoms with Crippen molar-refractivity contribution in [2.24, 2.45) is 5.73 Å². The summed E-state index contributed by atoms with van der Waals surface area (Å²) in [6, 6.07) is 0. The van der Waals surface area contributed by atoms with E-state index in [-0.39, 0.29) is 6.41 Å². The highest BCUT2D eigenvalue weighted by molar-refractivity contribution is 5.42. The Kier molecular flexibility index (Phi) is 4.88. The van der Waals surface area contributed by atoms with Crippen molar-refractivity contribution in [3.05, 3.63) is 0 Å². The minimum Gasteiger partial charge on any atom is -0.372 e. The second kappa shape index (κ2) is 5.20. The molecule has 0 saturated carbocycles. The van der Waals surface area contributed by atoms with Crippen LogP contribution in [-0.4, -0.2) is 37.6 Å². The average molecular weight is 145 g/mol. The highest BCUT2D eigenvalue weighted by atomic mass is 16.1. The fourth-order valence-electron chi connectivity index (χ4n) is 0.799. The monoisotopic (exact) mass is 145 g/mol. The molecule has 1 fully saturated rings. The van der Waals surface area contributed by atoms with Crippen molar-refractivity contribution in [3.8, 4) is 0 Å². The van der Waals surface area contributed by atoms with Crippen molar-refractivity contribution in [2.75, 3.05) is 20.1 Å². The Morgan fingerprint density at radius 2 is 2.30 bits per heavy atom. The second-order valence-corrected chi connectivity index (χ2v) is 2.25. The van der Waals surface area contributed by atoms with Crippen molar-refractivity contribution in [3.63, 3.8) is 0 Å². The molecule has 1 heterocycles. The van der Waals surface area contributed by atoms with E-state index in [1.165, 1.54) is 6.54 Å². The van der Waals surface area contributed by atoms with Crippen LogP contribution in [0, 0.1) is 0 Å². The van der Waals surface area contributed by atoms with Gasteiger partial charge in [-0.1, -0.05) is 0 Å². The molecule has 0 aliphatic carbocycles. The van der Waals surface area contributed by atoms with Gasteiger partial charge in [-0.05, 0) is 14.0 Å². The van der Waals surface area contributed by atoms with Crippen LogP contribution in [0.1, 0.15) is 6.92 Å². The summed E-state index contributed by atoms with van der Waals surface area (Å²) in [6.45, 7) is 4.52. The summed E-state index contributed by atoms with van der Waals surface area (Å²) < 4.78 is 0. The zero-order valence-electron chi connectivity index (χ0n) is 6.50. The highest BCUT2D eigenvalue weighted by Gasteiger charge is 2.12. The number of nitrogens with one attached hydrogen (secondary N) is 1. The number of amides is 1. The first-order valence-electron chi connectivity index (χ1n) is 3.31. The molecule has 0 bridgehead atoms. The molecule has 0 aromatic rings. The fraction of sp³-hybridized carbons (Fsp3) is 0.833. The number of hydrogen-bond donors (Lipinski definition) is 2. The van der Waals surface area contributed by atoms with Crippen molar-refractivity contribution < 1.29 is 4.79 Å². The summed E-state index contributed by atoms with van der Waals surface area (Å²) in [7, 11) is 2.13. The van der Waals surface area contributed by atoms with Gasteiger partial charge in [0.25, 0.3) is 0 Å². The van der Waals surface area contributed by atoms with E-state index >= 15 is 0 Å². The van der Waals surface area contributed by atoms with Gasteiger partial charge < -0.3 is 11.1 Å².